The van der Waals surface area contributed by atoms with E-state index in [0.717, 1.165) is 24.2 Å². The van der Waals surface area contributed by atoms with Crippen molar-refractivity contribution in [2.75, 3.05) is 19.7 Å². The summed E-state index contributed by atoms with van der Waals surface area (Å²) in [4.78, 5) is 52.9. The van der Waals surface area contributed by atoms with Crippen LogP contribution in [-0.2, 0) is 9.53 Å². The molecule has 0 bridgehead atoms. The number of carbonyl (C=O) groups is 4. The average Bonchev–Trinajstić information content (AvgIpc) is 3.01. The van der Waals surface area contributed by atoms with Gasteiger partial charge in [-0.25, -0.2) is 4.79 Å². The summed E-state index contributed by atoms with van der Waals surface area (Å²) in [6.07, 6.45) is 8.17. The number of ether oxygens (including phenoxy) is 1. The van der Waals surface area contributed by atoms with Gasteiger partial charge in [0.25, 0.3) is 17.7 Å². The Morgan fingerprint density at radius 1 is 1.07 bits per heavy atom. The van der Waals surface area contributed by atoms with Gasteiger partial charge in [-0.3, -0.25) is 19.3 Å². The van der Waals surface area contributed by atoms with Gasteiger partial charge in [-0.05, 0) is 49.8 Å². The normalized spacial score (nSPS) is 23.1. The Labute approximate surface area is 175 Å². The van der Waals surface area contributed by atoms with E-state index in [2.05, 4.69) is 6.58 Å². The Kier molecular flexibility index (Phi) is 5.70. The smallest absolute Gasteiger partial charge is 0.338 e. The van der Waals surface area contributed by atoms with Gasteiger partial charge in [0, 0.05) is 19.1 Å². The molecule has 2 atom stereocenters. The molecule has 1 aromatic carbocycles. The van der Waals surface area contributed by atoms with Crippen LogP contribution in [0.5, 0.6) is 0 Å². The van der Waals surface area contributed by atoms with Crippen molar-refractivity contribution in [1.82, 2.24) is 9.80 Å². The zero-order valence-electron chi connectivity index (χ0n) is 17.0. The van der Waals surface area contributed by atoms with Crippen molar-refractivity contribution < 1.29 is 23.9 Å². The first-order valence-corrected chi connectivity index (χ1v) is 10.6. The Bertz CT molecular complexity index is 907. The van der Waals surface area contributed by atoms with E-state index in [9.17, 15) is 19.2 Å². The summed E-state index contributed by atoms with van der Waals surface area (Å²) < 4.78 is 5.26. The van der Waals surface area contributed by atoms with Crippen LogP contribution in [0, 0.1) is 5.92 Å². The minimum atomic E-state index is -0.675. The molecule has 7 heteroatoms. The first-order valence-electron chi connectivity index (χ1n) is 10.6. The van der Waals surface area contributed by atoms with Crippen molar-refractivity contribution in [2.45, 2.75) is 44.6 Å². The summed E-state index contributed by atoms with van der Waals surface area (Å²) in [5.74, 6) is -1.14. The van der Waals surface area contributed by atoms with Crippen molar-refractivity contribution in [1.29, 1.82) is 0 Å². The van der Waals surface area contributed by atoms with E-state index in [1.54, 1.807) is 0 Å². The molecule has 0 unspecified atom stereocenters. The van der Waals surface area contributed by atoms with Crippen molar-refractivity contribution in [2.24, 2.45) is 5.92 Å². The maximum absolute atomic E-state index is 12.7. The molecule has 1 saturated heterocycles. The molecule has 1 aromatic rings. The zero-order valence-corrected chi connectivity index (χ0v) is 17.0. The lowest BCUT2D eigenvalue weighted by Crippen LogP contribution is -2.50. The first kappa shape index (κ1) is 20.3. The SMILES string of the molecule is C=CCN1C(=O)c2ccc(C(=O)OCC(=O)N3CCC[C@H]4CCCC[C@@H]43)cc2C1=O. The van der Waals surface area contributed by atoms with Gasteiger partial charge < -0.3 is 9.64 Å². The second-order valence-electron chi connectivity index (χ2n) is 8.19. The van der Waals surface area contributed by atoms with Gasteiger partial charge in [-0.1, -0.05) is 18.9 Å². The number of likely N-dealkylation sites (tertiary alicyclic amines) is 1. The summed E-state index contributed by atoms with van der Waals surface area (Å²) in [5, 5.41) is 0. The molecule has 4 rings (SSSR count). The third kappa shape index (κ3) is 3.64. The average molecular weight is 410 g/mol. The molecule has 3 aliphatic rings. The van der Waals surface area contributed by atoms with Crippen molar-refractivity contribution in [3.8, 4) is 0 Å². The fraction of sp³-hybridized carbons (Fsp3) is 0.478. The third-order valence-corrected chi connectivity index (χ3v) is 6.41. The van der Waals surface area contributed by atoms with E-state index >= 15 is 0 Å². The van der Waals surface area contributed by atoms with Gasteiger partial charge in [-0.2, -0.15) is 0 Å². The second kappa shape index (κ2) is 8.42. The maximum Gasteiger partial charge on any atom is 0.338 e. The van der Waals surface area contributed by atoms with Gasteiger partial charge in [-0.15, -0.1) is 6.58 Å². The molecule has 2 aliphatic heterocycles. The van der Waals surface area contributed by atoms with E-state index in [4.69, 9.17) is 4.74 Å². The molecular weight excluding hydrogens is 384 g/mol. The van der Waals surface area contributed by atoms with E-state index in [1.807, 2.05) is 4.90 Å². The molecule has 7 nitrogen and oxygen atoms in total. The van der Waals surface area contributed by atoms with Crippen molar-refractivity contribution >= 4 is 23.7 Å². The number of nitrogens with zero attached hydrogens (tertiary/aromatic N) is 2. The van der Waals surface area contributed by atoms with Gasteiger partial charge in [0.05, 0.1) is 16.7 Å². The molecule has 1 aliphatic carbocycles. The van der Waals surface area contributed by atoms with Gasteiger partial charge >= 0.3 is 5.97 Å². The highest BCUT2D eigenvalue weighted by molar-refractivity contribution is 6.22. The third-order valence-electron chi connectivity index (χ3n) is 6.41. The summed E-state index contributed by atoms with van der Waals surface area (Å²) in [5.41, 5.74) is 0.576. The molecule has 158 valence electrons. The fourth-order valence-electron chi connectivity index (χ4n) is 4.94. The van der Waals surface area contributed by atoms with Crippen molar-refractivity contribution in [3.05, 3.63) is 47.5 Å². The van der Waals surface area contributed by atoms with Gasteiger partial charge in [0.2, 0.25) is 0 Å². The van der Waals surface area contributed by atoms with Crippen molar-refractivity contribution in [3.63, 3.8) is 0 Å². The van der Waals surface area contributed by atoms with Crippen LogP contribution < -0.4 is 0 Å². The number of hydrogen-bond donors (Lipinski definition) is 0. The predicted molar refractivity (Wildman–Crippen MR) is 109 cm³/mol. The molecule has 1 saturated carbocycles. The zero-order chi connectivity index (χ0) is 21.3. The van der Waals surface area contributed by atoms with Crippen LogP contribution >= 0.6 is 0 Å². The first-order chi connectivity index (χ1) is 14.5. The highest BCUT2D eigenvalue weighted by Gasteiger charge is 2.37. The molecule has 2 heterocycles. The van der Waals surface area contributed by atoms with E-state index in [1.165, 1.54) is 43.5 Å². The number of hydrogen-bond acceptors (Lipinski definition) is 5. The number of rotatable bonds is 5. The fourth-order valence-corrected chi connectivity index (χ4v) is 4.94. The lowest BCUT2D eigenvalue weighted by atomic mass is 9.78. The van der Waals surface area contributed by atoms with E-state index in [0.29, 0.717) is 12.5 Å². The number of benzene rings is 1. The Hall–Kier alpha value is -2.96. The standard InChI is InChI=1S/C23H26N2O5/c1-2-11-25-21(27)17-10-9-16(13-18(17)22(25)28)23(29)30-14-20(26)24-12-5-7-15-6-3-4-8-19(15)24/h2,9-10,13,15,19H,1,3-8,11-12,14H2/t15-,19+/m1/s1. The number of esters is 1. The lowest BCUT2D eigenvalue weighted by molar-refractivity contribution is -0.140. The minimum Gasteiger partial charge on any atom is -0.452 e. The minimum absolute atomic E-state index is 0.110. The van der Waals surface area contributed by atoms with Crippen LogP contribution in [0.25, 0.3) is 0 Å². The quantitative estimate of drug-likeness (QED) is 0.423. The molecule has 0 N–H and O–H groups in total. The molecule has 3 amide bonds. The van der Waals surface area contributed by atoms with Crippen LogP contribution in [-0.4, -0.2) is 59.2 Å². The summed E-state index contributed by atoms with van der Waals surface area (Å²) in [7, 11) is 0. The molecule has 30 heavy (non-hydrogen) atoms. The summed E-state index contributed by atoms with van der Waals surface area (Å²) in [6.45, 7) is 4.06. The van der Waals surface area contributed by atoms with E-state index < -0.39 is 17.8 Å². The van der Waals surface area contributed by atoms with Gasteiger partial charge in [0.15, 0.2) is 6.61 Å². The second-order valence-corrected chi connectivity index (χ2v) is 8.19. The number of piperidine rings is 1. The highest BCUT2D eigenvalue weighted by atomic mass is 16.5. The number of fused-ring (bicyclic) bond motifs is 2. The summed E-state index contributed by atoms with van der Waals surface area (Å²) >= 11 is 0. The Balaban J connectivity index is 1.40. The molecule has 0 spiro atoms. The Morgan fingerprint density at radius 2 is 1.80 bits per heavy atom. The number of carbonyl (C=O) groups excluding carboxylic acids is 4. The maximum atomic E-state index is 12.7. The highest BCUT2D eigenvalue weighted by Crippen LogP contribution is 2.35. The molecule has 0 radical (unpaired) electrons. The van der Waals surface area contributed by atoms with E-state index in [-0.39, 0.29) is 41.8 Å². The largest absolute Gasteiger partial charge is 0.452 e. The van der Waals surface area contributed by atoms with Crippen LogP contribution in [0.4, 0.5) is 0 Å². The topological polar surface area (TPSA) is 84.0 Å². The molecular formula is C23H26N2O5. The number of amides is 3. The Morgan fingerprint density at radius 3 is 2.60 bits per heavy atom. The van der Waals surface area contributed by atoms with Crippen LogP contribution in [0.2, 0.25) is 0 Å². The van der Waals surface area contributed by atoms with Crippen LogP contribution in [0.3, 0.4) is 0 Å². The predicted octanol–water partition coefficient (Wildman–Crippen LogP) is 2.81. The number of imide groups is 1. The lowest BCUT2D eigenvalue weighted by Gasteiger charge is -2.44. The van der Waals surface area contributed by atoms with Crippen LogP contribution in [0.1, 0.15) is 69.6 Å². The van der Waals surface area contributed by atoms with Crippen LogP contribution in [0.15, 0.2) is 30.9 Å². The molecule has 0 aromatic heterocycles. The molecule has 2 fully saturated rings. The summed E-state index contributed by atoms with van der Waals surface area (Å²) in [6, 6.07) is 4.53. The monoisotopic (exact) mass is 410 g/mol. The van der Waals surface area contributed by atoms with Gasteiger partial charge in [0.1, 0.15) is 0 Å².